The van der Waals surface area contributed by atoms with Gasteiger partial charge in [0.1, 0.15) is 5.75 Å². The van der Waals surface area contributed by atoms with Crippen molar-refractivity contribution in [2.45, 2.75) is 24.8 Å². The molecule has 0 aliphatic rings. The molecule has 0 fully saturated rings. The summed E-state index contributed by atoms with van der Waals surface area (Å²) in [5.41, 5.74) is 0.117. The Morgan fingerprint density at radius 3 is 2.74 bits per heavy atom. The smallest absolute Gasteiger partial charge is 0.307 e. The van der Waals surface area contributed by atoms with Crippen LogP contribution in [0.3, 0.4) is 0 Å². The van der Waals surface area contributed by atoms with E-state index in [2.05, 4.69) is 14.9 Å². The molecule has 0 aliphatic carbocycles. The van der Waals surface area contributed by atoms with E-state index < -0.39 is 22.4 Å². The number of hydrogen-bond donors (Lipinski definition) is 2. The molecule has 0 radical (unpaired) electrons. The number of carboxylic acid groups (broad SMARTS) is 1. The summed E-state index contributed by atoms with van der Waals surface area (Å²) in [6.45, 7) is 1.41. The van der Waals surface area contributed by atoms with Crippen molar-refractivity contribution in [1.29, 1.82) is 0 Å². The predicted molar refractivity (Wildman–Crippen MR) is 77.4 cm³/mol. The van der Waals surface area contributed by atoms with E-state index in [0.29, 0.717) is 11.6 Å². The lowest BCUT2D eigenvalue weighted by Crippen LogP contribution is -2.25. The van der Waals surface area contributed by atoms with Crippen LogP contribution >= 0.6 is 0 Å². The molecule has 0 aliphatic heterocycles. The van der Waals surface area contributed by atoms with Gasteiger partial charge in [0.05, 0.1) is 25.0 Å². The van der Waals surface area contributed by atoms with E-state index in [1.165, 1.54) is 25.3 Å². The molecule has 0 saturated heterocycles. The standard InChI is InChI=1S/C13H15N3O6S/c1-8-15-12(22-16-8)7-14-23(19,20)11-4-3-10(21-2)5-9(11)6-13(17)18/h3-5,14H,6-7H2,1-2H3,(H,17,18). The molecular formula is C13H15N3O6S. The second-order valence-corrected chi connectivity index (χ2v) is 6.34. The van der Waals surface area contributed by atoms with Gasteiger partial charge in [-0.05, 0) is 30.7 Å². The SMILES string of the molecule is COc1ccc(S(=O)(=O)NCc2nc(C)no2)c(CC(=O)O)c1. The first-order valence-corrected chi connectivity index (χ1v) is 7.97. The number of aromatic nitrogens is 2. The molecule has 1 aromatic heterocycles. The number of ether oxygens (including phenoxy) is 1. The highest BCUT2D eigenvalue weighted by atomic mass is 32.2. The van der Waals surface area contributed by atoms with Crippen molar-refractivity contribution >= 4 is 16.0 Å². The zero-order valence-corrected chi connectivity index (χ0v) is 13.3. The number of rotatable bonds is 7. The number of carboxylic acids is 1. The minimum absolute atomic E-state index is 0.111. The maximum atomic E-state index is 12.4. The van der Waals surface area contributed by atoms with Crippen molar-refractivity contribution in [3.05, 3.63) is 35.5 Å². The Hall–Kier alpha value is -2.46. The number of nitrogens with one attached hydrogen (secondary N) is 1. The Kier molecular flexibility index (Phi) is 4.96. The number of aryl methyl sites for hydroxylation is 1. The zero-order valence-electron chi connectivity index (χ0n) is 12.4. The maximum Gasteiger partial charge on any atom is 0.307 e. The summed E-state index contributed by atoms with van der Waals surface area (Å²) in [7, 11) is -2.54. The third-order valence-corrected chi connectivity index (χ3v) is 4.38. The van der Waals surface area contributed by atoms with E-state index in [0.717, 1.165) is 0 Å². The van der Waals surface area contributed by atoms with Crippen LogP contribution in [0.15, 0.2) is 27.6 Å². The van der Waals surface area contributed by atoms with Gasteiger partial charge in [0.2, 0.25) is 15.9 Å². The molecule has 0 saturated carbocycles. The van der Waals surface area contributed by atoms with Gasteiger partial charge in [-0.1, -0.05) is 5.16 Å². The van der Waals surface area contributed by atoms with E-state index in [4.69, 9.17) is 14.4 Å². The highest BCUT2D eigenvalue weighted by Crippen LogP contribution is 2.22. The molecule has 124 valence electrons. The molecule has 1 heterocycles. The lowest BCUT2D eigenvalue weighted by Gasteiger charge is -2.11. The van der Waals surface area contributed by atoms with E-state index in [1.807, 2.05) is 0 Å². The van der Waals surface area contributed by atoms with Crippen LogP contribution in [0.1, 0.15) is 17.3 Å². The molecule has 0 bridgehead atoms. The fraction of sp³-hybridized carbons (Fsp3) is 0.308. The van der Waals surface area contributed by atoms with E-state index in [1.54, 1.807) is 6.92 Å². The van der Waals surface area contributed by atoms with Crippen LogP contribution in [-0.2, 0) is 27.8 Å². The van der Waals surface area contributed by atoms with Crippen LogP contribution in [0.4, 0.5) is 0 Å². The first kappa shape index (κ1) is 16.9. The van der Waals surface area contributed by atoms with Crippen LogP contribution in [0.2, 0.25) is 0 Å². The van der Waals surface area contributed by atoms with E-state index in [-0.39, 0.29) is 22.9 Å². The van der Waals surface area contributed by atoms with Gasteiger partial charge in [0.25, 0.3) is 0 Å². The number of aliphatic carboxylic acids is 1. The predicted octanol–water partition coefficient (Wildman–Crippen LogP) is 0.492. The van der Waals surface area contributed by atoms with Gasteiger partial charge >= 0.3 is 5.97 Å². The van der Waals surface area contributed by atoms with Gasteiger partial charge in [-0.2, -0.15) is 4.98 Å². The van der Waals surface area contributed by atoms with Gasteiger partial charge in [-0.3, -0.25) is 4.79 Å². The minimum Gasteiger partial charge on any atom is -0.497 e. The molecule has 23 heavy (non-hydrogen) atoms. The van der Waals surface area contributed by atoms with Crippen molar-refractivity contribution in [2.24, 2.45) is 0 Å². The molecule has 2 rings (SSSR count). The molecule has 1 aromatic carbocycles. The lowest BCUT2D eigenvalue weighted by atomic mass is 10.1. The fourth-order valence-corrected chi connectivity index (χ4v) is 3.08. The van der Waals surface area contributed by atoms with E-state index >= 15 is 0 Å². The lowest BCUT2D eigenvalue weighted by molar-refractivity contribution is -0.136. The second-order valence-electron chi connectivity index (χ2n) is 4.60. The van der Waals surface area contributed by atoms with Crippen molar-refractivity contribution in [3.8, 4) is 5.75 Å². The topological polar surface area (TPSA) is 132 Å². The number of sulfonamides is 1. The van der Waals surface area contributed by atoms with Crippen molar-refractivity contribution in [2.75, 3.05) is 7.11 Å². The maximum absolute atomic E-state index is 12.4. The average Bonchev–Trinajstić information content (AvgIpc) is 2.90. The highest BCUT2D eigenvalue weighted by molar-refractivity contribution is 7.89. The van der Waals surface area contributed by atoms with Crippen LogP contribution in [0.25, 0.3) is 0 Å². The van der Waals surface area contributed by atoms with Gasteiger partial charge in [0, 0.05) is 0 Å². The van der Waals surface area contributed by atoms with Crippen LogP contribution in [0.5, 0.6) is 5.75 Å². The fourth-order valence-electron chi connectivity index (χ4n) is 1.89. The Labute approximate surface area is 132 Å². The molecule has 10 heteroatoms. The number of nitrogens with zero attached hydrogens (tertiary/aromatic N) is 2. The zero-order chi connectivity index (χ0) is 17.0. The monoisotopic (exact) mass is 341 g/mol. The van der Waals surface area contributed by atoms with E-state index in [9.17, 15) is 13.2 Å². The molecule has 2 aromatic rings. The number of hydrogen-bond acceptors (Lipinski definition) is 7. The largest absolute Gasteiger partial charge is 0.497 e. The van der Waals surface area contributed by atoms with Crippen LogP contribution in [0, 0.1) is 6.92 Å². The third-order valence-electron chi connectivity index (χ3n) is 2.88. The van der Waals surface area contributed by atoms with Crippen molar-refractivity contribution in [3.63, 3.8) is 0 Å². The molecular weight excluding hydrogens is 326 g/mol. The normalized spacial score (nSPS) is 11.4. The Morgan fingerprint density at radius 2 is 2.17 bits per heavy atom. The second kappa shape index (κ2) is 6.75. The Morgan fingerprint density at radius 1 is 1.43 bits per heavy atom. The average molecular weight is 341 g/mol. The number of carbonyl (C=O) groups is 1. The first-order chi connectivity index (χ1) is 10.8. The summed E-state index contributed by atoms with van der Waals surface area (Å²) in [6, 6.07) is 4.11. The molecule has 9 nitrogen and oxygen atoms in total. The van der Waals surface area contributed by atoms with Crippen LogP contribution in [-0.4, -0.2) is 36.7 Å². The number of benzene rings is 1. The summed E-state index contributed by atoms with van der Waals surface area (Å²) in [4.78, 5) is 14.7. The van der Waals surface area contributed by atoms with Gasteiger partial charge in [-0.25, -0.2) is 13.1 Å². The minimum atomic E-state index is -3.95. The van der Waals surface area contributed by atoms with Gasteiger partial charge in [-0.15, -0.1) is 0 Å². The molecule has 0 unspecified atom stereocenters. The summed E-state index contributed by atoms with van der Waals surface area (Å²) in [5, 5.41) is 12.5. The summed E-state index contributed by atoms with van der Waals surface area (Å²) < 4.78 is 36.9. The Balaban J connectivity index is 2.28. The molecule has 0 spiro atoms. The molecule has 0 atom stereocenters. The summed E-state index contributed by atoms with van der Waals surface area (Å²) >= 11 is 0. The number of methoxy groups -OCH3 is 1. The van der Waals surface area contributed by atoms with Crippen molar-refractivity contribution < 1.29 is 27.6 Å². The Bertz CT molecular complexity index is 815. The third kappa shape index (κ3) is 4.27. The van der Waals surface area contributed by atoms with Crippen molar-refractivity contribution in [1.82, 2.24) is 14.9 Å². The molecule has 0 amide bonds. The van der Waals surface area contributed by atoms with Gasteiger partial charge in [0.15, 0.2) is 5.82 Å². The summed E-state index contributed by atoms with van der Waals surface area (Å²) in [5.74, 6) is -0.287. The van der Waals surface area contributed by atoms with Gasteiger partial charge < -0.3 is 14.4 Å². The highest BCUT2D eigenvalue weighted by Gasteiger charge is 2.21. The quantitative estimate of drug-likeness (QED) is 0.744. The first-order valence-electron chi connectivity index (χ1n) is 6.49. The van der Waals surface area contributed by atoms with Crippen LogP contribution < -0.4 is 9.46 Å². The summed E-state index contributed by atoms with van der Waals surface area (Å²) in [6.07, 6.45) is -0.451. The molecule has 2 N–H and O–H groups in total.